The zero-order chi connectivity index (χ0) is 23.5. The highest BCUT2D eigenvalue weighted by Crippen LogP contribution is 2.17. The summed E-state index contributed by atoms with van der Waals surface area (Å²) in [6.45, 7) is 4.38. The number of unbranched alkanes of at least 4 members (excludes halogenated alkanes) is 8. The molecular formula is C28H46O3S. The maximum Gasteiger partial charge on any atom is 0.267 e. The molecule has 1 unspecified atom stereocenters. The standard InChI is InChI=1S/C28H46O3S/c1-3-4-5-6-7-11-14-17-24-28(32(29,30)31)25-18-15-12-9-8-10-13-16-22-27-23-20-19-21-26(27)2/h7,9,11-12,19-21,23,28H,3-6,8,10,13-18,22,24-25H2,1-2H3,(H,29,30,31)/b11-7-,12-9-. The molecule has 1 aromatic rings. The van der Waals surface area contributed by atoms with Gasteiger partial charge in [0, 0.05) is 0 Å². The van der Waals surface area contributed by atoms with E-state index in [-0.39, 0.29) is 0 Å². The Labute approximate surface area is 198 Å². The van der Waals surface area contributed by atoms with Gasteiger partial charge in [0.2, 0.25) is 0 Å². The van der Waals surface area contributed by atoms with E-state index in [1.54, 1.807) is 0 Å². The predicted octanol–water partition coefficient (Wildman–Crippen LogP) is 8.39. The molecule has 1 atom stereocenters. The zero-order valence-corrected chi connectivity index (χ0v) is 21.3. The molecule has 0 saturated heterocycles. The van der Waals surface area contributed by atoms with Gasteiger partial charge in [-0.2, -0.15) is 8.42 Å². The number of benzene rings is 1. The molecule has 0 fully saturated rings. The minimum Gasteiger partial charge on any atom is -0.285 e. The maximum absolute atomic E-state index is 11.7. The van der Waals surface area contributed by atoms with Gasteiger partial charge >= 0.3 is 0 Å². The summed E-state index contributed by atoms with van der Waals surface area (Å²) in [7, 11) is -3.95. The number of rotatable bonds is 19. The van der Waals surface area contributed by atoms with E-state index < -0.39 is 15.4 Å². The van der Waals surface area contributed by atoms with E-state index in [0.29, 0.717) is 12.8 Å². The minimum atomic E-state index is -3.95. The second kappa shape index (κ2) is 18.1. The zero-order valence-electron chi connectivity index (χ0n) is 20.5. The summed E-state index contributed by atoms with van der Waals surface area (Å²) in [5, 5.41) is -0.620. The molecule has 0 aliphatic carbocycles. The largest absolute Gasteiger partial charge is 0.285 e. The van der Waals surface area contributed by atoms with E-state index >= 15 is 0 Å². The van der Waals surface area contributed by atoms with Gasteiger partial charge in [-0.05, 0) is 95.1 Å². The fourth-order valence-corrected chi connectivity index (χ4v) is 4.93. The first-order chi connectivity index (χ1) is 15.4. The lowest BCUT2D eigenvalue weighted by atomic mass is 10.0. The summed E-state index contributed by atoms with van der Waals surface area (Å²) >= 11 is 0. The maximum atomic E-state index is 11.7. The van der Waals surface area contributed by atoms with Gasteiger partial charge in [-0.15, -0.1) is 0 Å². The Morgan fingerprint density at radius 1 is 0.781 bits per heavy atom. The summed E-state index contributed by atoms with van der Waals surface area (Å²) in [5.41, 5.74) is 2.84. The Morgan fingerprint density at radius 2 is 1.31 bits per heavy atom. The van der Waals surface area contributed by atoms with Gasteiger partial charge in [-0.3, -0.25) is 4.55 Å². The fourth-order valence-electron chi connectivity index (χ4n) is 4.00. The summed E-state index contributed by atoms with van der Waals surface area (Å²) in [6, 6.07) is 8.61. The highest BCUT2D eigenvalue weighted by molar-refractivity contribution is 7.86. The van der Waals surface area contributed by atoms with Crippen molar-refractivity contribution >= 4 is 10.1 Å². The highest BCUT2D eigenvalue weighted by atomic mass is 32.2. The Kier molecular flexibility index (Phi) is 16.2. The normalized spacial score (nSPS) is 13.3. The molecule has 1 rings (SSSR count). The van der Waals surface area contributed by atoms with Crippen molar-refractivity contribution in [2.45, 2.75) is 115 Å². The lowest BCUT2D eigenvalue weighted by Crippen LogP contribution is -2.20. The monoisotopic (exact) mass is 462 g/mol. The topological polar surface area (TPSA) is 54.4 Å². The third-order valence-corrected chi connectivity index (χ3v) is 7.41. The molecule has 0 heterocycles. The fraction of sp³-hybridized carbons (Fsp3) is 0.643. The Morgan fingerprint density at radius 3 is 1.84 bits per heavy atom. The minimum absolute atomic E-state index is 0.541. The van der Waals surface area contributed by atoms with E-state index in [2.05, 4.69) is 62.4 Å². The van der Waals surface area contributed by atoms with Crippen LogP contribution >= 0.6 is 0 Å². The molecule has 182 valence electrons. The van der Waals surface area contributed by atoms with Crippen molar-refractivity contribution < 1.29 is 13.0 Å². The summed E-state index contributed by atoms with van der Waals surface area (Å²) in [6.07, 6.45) is 23.9. The summed E-state index contributed by atoms with van der Waals surface area (Å²) < 4.78 is 32.9. The molecule has 0 bridgehead atoms. The quantitative estimate of drug-likeness (QED) is 0.128. The molecule has 1 N–H and O–H groups in total. The van der Waals surface area contributed by atoms with E-state index in [4.69, 9.17) is 0 Å². The molecule has 0 aliphatic rings. The molecule has 32 heavy (non-hydrogen) atoms. The van der Waals surface area contributed by atoms with Crippen molar-refractivity contribution in [1.82, 2.24) is 0 Å². The van der Waals surface area contributed by atoms with Crippen LogP contribution in [0.25, 0.3) is 0 Å². The van der Waals surface area contributed by atoms with Crippen LogP contribution in [0.1, 0.15) is 108 Å². The molecule has 4 heteroatoms. The van der Waals surface area contributed by atoms with E-state index in [0.717, 1.165) is 44.9 Å². The van der Waals surface area contributed by atoms with Gasteiger partial charge < -0.3 is 0 Å². The molecule has 3 nitrogen and oxygen atoms in total. The number of hydrogen-bond donors (Lipinski definition) is 1. The van der Waals surface area contributed by atoms with Crippen LogP contribution in [0.2, 0.25) is 0 Å². The molecular weight excluding hydrogens is 416 g/mol. The highest BCUT2D eigenvalue weighted by Gasteiger charge is 2.21. The number of aryl methyl sites for hydroxylation is 2. The molecule has 0 spiro atoms. The third-order valence-electron chi connectivity index (χ3n) is 6.10. The Bertz CT molecular complexity index is 750. The number of allylic oxidation sites excluding steroid dienone is 4. The molecule has 0 radical (unpaired) electrons. The van der Waals surface area contributed by atoms with Crippen LogP contribution < -0.4 is 0 Å². The molecule has 1 aromatic carbocycles. The van der Waals surface area contributed by atoms with Crippen molar-refractivity contribution in [2.75, 3.05) is 0 Å². The SMILES string of the molecule is CCCCC/C=C\CCCC(CCC/C=C\CCCCCc1ccccc1C)S(=O)(=O)O. The van der Waals surface area contributed by atoms with Crippen LogP contribution in [0.5, 0.6) is 0 Å². The average Bonchev–Trinajstić information content (AvgIpc) is 2.75. The average molecular weight is 463 g/mol. The van der Waals surface area contributed by atoms with Crippen LogP contribution in [0.3, 0.4) is 0 Å². The van der Waals surface area contributed by atoms with E-state index in [1.807, 2.05) is 0 Å². The molecule has 0 amide bonds. The van der Waals surface area contributed by atoms with Crippen molar-refractivity contribution in [3.05, 3.63) is 59.7 Å². The van der Waals surface area contributed by atoms with Crippen LogP contribution in [0.15, 0.2) is 48.6 Å². The molecule has 0 aliphatic heterocycles. The predicted molar refractivity (Wildman–Crippen MR) is 139 cm³/mol. The first-order valence-corrected chi connectivity index (χ1v) is 14.3. The smallest absolute Gasteiger partial charge is 0.267 e. The Hall–Kier alpha value is -1.39. The van der Waals surface area contributed by atoms with Gasteiger partial charge in [0.15, 0.2) is 0 Å². The summed E-state index contributed by atoms with van der Waals surface area (Å²) in [4.78, 5) is 0. The van der Waals surface area contributed by atoms with Crippen LogP contribution in [0, 0.1) is 6.92 Å². The molecule has 0 aromatic heterocycles. The lowest BCUT2D eigenvalue weighted by Gasteiger charge is -2.12. The van der Waals surface area contributed by atoms with Crippen LogP contribution in [-0.2, 0) is 16.5 Å². The molecule has 0 saturated carbocycles. The van der Waals surface area contributed by atoms with E-state index in [9.17, 15) is 13.0 Å². The van der Waals surface area contributed by atoms with Crippen LogP contribution in [-0.4, -0.2) is 18.2 Å². The number of hydrogen-bond acceptors (Lipinski definition) is 2. The second-order valence-corrected chi connectivity index (χ2v) is 10.7. The lowest BCUT2D eigenvalue weighted by molar-refractivity contribution is 0.450. The Balaban J connectivity index is 2.11. The van der Waals surface area contributed by atoms with Gasteiger partial charge in [0.05, 0.1) is 5.25 Å². The third kappa shape index (κ3) is 14.6. The van der Waals surface area contributed by atoms with Crippen molar-refractivity contribution in [2.24, 2.45) is 0 Å². The van der Waals surface area contributed by atoms with E-state index in [1.165, 1.54) is 49.7 Å². The van der Waals surface area contributed by atoms with Crippen molar-refractivity contribution in [1.29, 1.82) is 0 Å². The second-order valence-electron chi connectivity index (χ2n) is 8.96. The first-order valence-electron chi connectivity index (χ1n) is 12.8. The van der Waals surface area contributed by atoms with Crippen molar-refractivity contribution in [3.8, 4) is 0 Å². The van der Waals surface area contributed by atoms with Gasteiger partial charge in [0.25, 0.3) is 10.1 Å². The van der Waals surface area contributed by atoms with Gasteiger partial charge in [-0.25, -0.2) is 0 Å². The van der Waals surface area contributed by atoms with Crippen molar-refractivity contribution in [3.63, 3.8) is 0 Å². The van der Waals surface area contributed by atoms with Gasteiger partial charge in [-0.1, -0.05) is 74.8 Å². The van der Waals surface area contributed by atoms with Gasteiger partial charge in [0.1, 0.15) is 0 Å². The summed E-state index contributed by atoms with van der Waals surface area (Å²) in [5.74, 6) is 0. The van der Waals surface area contributed by atoms with Crippen LogP contribution in [0.4, 0.5) is 0 Å². The first kappa shape index (κ1) is 28.6.